The average molecular weight is 219 g/mol. The zero-order valence-electron chi connectivity index (χ0n) is 11.1. The van der Waals surface area contributed by atoms with E-state index in [1.165, 1.54) is 30.4 Å². The Bertz CT molecular complexity index is 287. The van der Waals surface area contributed by atoms with E-state index in [9.17, 15) is 0 Å². The summed E-state index contributed by atoms with van der Waals surface area (Å²) in [6.45, 7) is 6.72. The first kappa shape index (κ1) is 13.2. The van der Waals surface area contributed by atoms with Crippen LogP contribution in [0.15, 0.2) is 24.3 Å². The van der Waals surface area contributed by atoms with Crippen molar-refractivity contribution in [3.8, 4) is 0 Å². The highest BCUT2D eigenvalue weighted by Crippen LogP contribution is 2.15. The Hall–Kier alpha value is -0.820. The molecular weight excluding hydrogens is 194 g/mol. The van der Waals surface area contributed by atoms with E-state index in [1.807, 2.05) is 7.05 Å². The second-order valence-electron chi connectivity index (χ2n) is 4.98. The van der Waals surface area contributed by atoms with Gasteiger partial charge in [0.2, 0.25) is 0 Å². The molecule has 1 aromatic carbocycles. The Morgan fingerprint density at radius 1 is 1.06 bits per heavy atom. The summed E-state index contributed by atoms with van der Waals surface area (Å²) >= 11 is 0. The molecule has 90 valence electrons. The Morgan fingerprint density at radius 3 is 2.19 bits per heavy atom. The van der Waals surface area contributed by atoms with Gasteiger partial charge in [0.1, 0.15) is 0 Å². The molecule has 0 radical (unpaired) electrons. The molecule has 1 atom stereocenters. The van der Waals surface area contributed by atoms with Gasteiger partial charge in [0.15, 0.2) is 0 Å². The van der Waals surface area contributed by atoms with E-state index in [-0.39, 0.29) is 0 Å². The molecule has 0 aromatic heterocycles. The second kappa shape index (κ2) is 6.70. The van der Waals surface area contributed by atoms with Gasteiger partial charge in [-0.3, -0.25) is 0 Å². The van der Waals surface area contributed by atoms with E-state index in [2.05, 4.69) is 50.4 Å². The minimum absolute atomic E-state index is 0.634. The van der Waals surface area contributed by atoms with Crippen molar-refractivity contribution < 1.29 is 0 Å². The first-order valence-corrected chi connectivity index (χ1v) is 6.39. The summed E-state index contributed by atoms with van der Waals surface area (Å²) in [5.74, 6) is 0.637. The van der Waals surface area contributed by atoms with Crippen molar-refractivity contribution in [1.29, 1.82) is 0 Å². The lowest BCUT2D eigenvalue weighted by Gasteiger charge is -2.10. The zero-order chi connectivity index (χ0) is 12.0. The van der Waals surface area contributed by atoms with Gasteiger partial charge in [0.05, 0.1) is 0 Å². The molecule has 0 spiro atoms. The number of rotatable bonds is 6. The van der Waals surface area contributed by atoms with E-state index in [0.717, 1.165) is 0 Å². The van der Waals surface area contributed by atoms with Crippen molar-refractivity contribution >= 4 is 0 Å². The Labute approximate surface area is 100 Å². The van der Waals surface area contributed by atoms with Crippen molar-refractivity contribution in [3.05, 3.63) is 35.4 Å². The van der Waals surface area contributed by atoms with Crippen LogP contribution >= 0.6 is 0 Å². The lowest BCUT2D eigenvalue weighted by atomic mass is 9.99. The highest BCUT2D eigenvalue weighted by atomic mass is 14.8. The molecule has 1 rings (SSSR count). The van der Waals surface area contributed by atoms with E-state index in [4.69, 9.17) is 0 Å². The van der Waals surface area contributed by atoms with Gasteiger partial charge in [-0.2, -0.15) is 0 Å². The highest BCUT2D eigenvalue weighted by Gasteiger charge is 2.00. The number of hydrogen-bond acceptors (Lipinski definition) is 1. The van der Waals surface area contributed by atoms with Crippen LogP contribution in [0.25, 0.3) is 0 Å². The molecule has 0 saturated heterocycles. The molecule has 16 heavy (non-hydrogen) atoms. The molecule has 0 saturated carbocycles. The van der Waals surface area contributed by atoms with Gasteiger partial charge in [-0.1, -0.05) is 38.1 Å². The molecule has 0 aliphatic heterocycles. The molecule has 0 aliphatic rings. The van der Waals surface area contributed by atoms with Gasteiger partial charge in [0.25, 0.3) is 0 Å². The Morgan fingerprint density at radius 2 is 1.69 bits per heavy atom. The fourth-order valence-corrected chi connectivity index (χ4v) is 1.83. The third-order valence-corrected chi connectivity index (χ3v) is 3.24. The minimum Gasteiger partial charge on any atom is -0.317 e. The molecule has 1 heteroatoms. The van der Waals surface area contributed by atoms with E-state index < -0.39 is 0 Å². The maximum absolute atomic E-state index is 3.28. The average Bonchev–Trinajstić information content (AvgIpc) is 2.29. The predicted octanol–water partition coefficient (Wildman–Crippen LogP) is 3.74. The van der Waals surface area contributed by atoms with Gasteiger partial charge in [-0.15, -0.1) is 0 Å². The van der Waals surface area contributed by atoms with E-state index in [0.29, 0.717) is 12.0 Å². The lowest BCUT2D eigenvalue weighted by molar-refractivity contribution is 0.542. The molecule has 1 unspecified atom stereocenters. The van der Waals surface area contributed by atoms with Crippen LogP contribution in [0.1, 0.15) is 50.7 Å². The van der Waals surface area contributed by atoms with Crippen molar-refractivity contribution in [3.63, 3.8) is 0 Å². The number of benzene rings is 1. The summed E-state index contributed by atoms with van der Waals surface area (Å²) in [7, 11) is 2.03. The van der Waals surface area contributed by atoms with Gasteiger partial charge < -0.3 is 5.32 Å². The Balaban J connectivity index is 2.38. The topological polar surface area (TPSA) is 12.0 Å². The normalized spacial score (nSPS) is 13.1. The molecular formula is C15H25N. The first-order chi connectivity index (χ1) is 7.63. The van der Waals surface area contributed by atoms with Gasteiger partial charge in [-0.25, -0.2) is 0 Å². The van der Waals surface area contributed by atoms with Crippen molar-refractivity contribution in [2.45, 2.75) is 52.0 Å². The van der Waals surface area contributed by atoms with Gasteiger partial charge in [0, 0.05) is 6.04 Å². The molecule has 0 heterocycles. The van der Waals surface area contributed by atoms with E-state index in [1.54, 1.807) is 0 Å². The monoisotopic (exact) mass is 219 g/mol. The SMILES string of the molecule is CNC(C)CCCc1ccc(C(C)C)cc1. The number of hydrogen-bond donors (Lipinski definition) is 1. The van der Waals surface area contributed by atoms with Crippen molar-refractivity contribution in [2.24, 2.45) is 0 Å². The second-order valence-corrected chi connectivity index (χ2v) is 4.98. The van der Waals surface area contributed by atoms with Gasteiger partial charge >= 0.3 is 0 Å². The van der Waals surface area contributed by atoms with Crippen LogP contribution in [0.2, 0.25) is 0 Å². The molecule has 0 bridgehead atoms. The molecule has 0 aliphatic carbocycles. The van der Waals surface area contributed by atoms with Crippen LogP contribution in [0.3, 0.4) is 0 Å². The van der Waals surface area contributed by atoms with Crippen LogP contribution in [0, 0.1) is 0 Å². The number of aryl methyl sites for hydroxylation is 1. The van der Waals surface area contributed by atoms with Crippen LogP contribution in [-0.4, -0.2) is 13.1 Å². The predicted molar refractivity (Wildman–Crippen MR) is 72.0 cm³/mol. The fraction of sp³-hybridized carbons (Fsp3) is 0.600. The summed E-state index contributed by atoms with van der Waals surface area (Å²) in [5.41, 5.74) is 2.90. The van der Waals surface area contributed by atoms with Gasteiger partial charge in [-0.05, 0) is 50.3 Å². The highest BCUT2D eigenvalue weighted by molar-refractivity contribution is 5.24. The van der Waals surface area contributed by atoms with Crippen molar-refractivity contribution in [2.75, 3.05) is 7.05 Å². The van der Waals surface area contributed by atoms with E-state index >= 15 is 0 Å². The summed E-state index contributed by atoms with van der Waals surface area (Å²) in [6, 6.07) is 9.72. The standard InChI is InChI=1S/C15H25N/c1-12(2)15-10-8-14(9-11-15)7-5-6-13(3)16-4/h8-13,16H,5-7H2,1-4H3. The molecule has 1 N–H and O–H groups in total. The maximum atomic E-state index is 3.28. The van der Waals surface area contributed by atoms with Crippen LogP contribution in [0.4, 0.5) is 0 Å². The van der Waals surface area contributed by atoms with Crippen LogP contribution < -0.4 is 5.32 Å². The summed E-state index contributed by atoms with van der Waals surface area (Å²) in [6.07, 6.45) is 3.72. The third kappa shape index (κ3) is 4.36. The maximum Gasteiger partial charge on any atom is 0.00358 e. The lowest BCUT2D eigenvalue weighted by Crippen LogP contribution is -2.20. The zero-order valence-corrected chi connectivity index (χ0v) is 11.1. The molecule has 0 amide bonds. The van der Waals surface area contributed by atoms with Crippen molar-refractivity contribution in [1.82, 2.24) is 5.32 Å². The van der Waals surface area contributed by atoms with Crippen LogP contribution in [-0.2, 0) is 6.42 Å². The Kier molecular flexibility index (Phi) is 5.54. The molecule has 0 fully saturated rings. The summed E-state index contributed by atoms with van der Waals surface area (Å²) in [5, 5.41) is 3.28. The molecule has 1 aromatic rings. The fourth-order valence-electron chi connectivity index (χ4n) is 1.83. The smallest absolute Gasteiger partial charge is 0.00358 e. The third-order valence-electron chi connectivity index (χ3n) is 3.24. The number of nitrogens with one attached hydrogen (secondary N) is 1. The van der Waals surface area contributed by atoms with Crippen LogP contribution in [0.5, 0.6) is 0 Å². The summed E-state index contributed by atoms with van der Waals surface area (Å²) < 4.78 is 0. The first-order valence-electron chi connectivity index (χ1n) is 6.39. The molecule has 1 nitrogen and oxygen atoms in total. The largest absolute Gasteiger partial charge is 0.317 e. The minimum atomic E-state index is 0.634. The summed E-state index contributed by atoms with van der Waals surface area (Å²) in [4.78, 5) is 0. The quantitative estimate of drug-likeness (QED) is 0.768.